The molecule has 19 heteroatoms. The molecule has 3 aromatic heterocycles. The lowest BCUT2D eigenvalue weighted by atomic mass is 9.85. The molecular weight excluding hydrogens is 848 g/mol. The van der Waals surface area contributed by atoms with Crippen LogP contribution in [0.5, 0.6) is 5.88 Å². The minimum Gasteiger partial charge on any atom is -0.470 e. The summed E-state index contributed by atoms with van der Waals surface area (Å²) in [5.41, 5.74) is -1.14. The lowest BCUT2D eigenvalue weighted by Crippen LogP contribution is -2.58. The van der Waals surface area contributed by atoms with Gasteiger partial charge in [-0.15, -0.1) is 17.9 Å². The van der Waals surface area contributed by atoms with Crippen LogP contribution in [0.1, 0.15) is 77.5 Å². The highest BCUT2D eigenvalue weighted by atomic mass is 32.2. The first-order chi connectivity index (χ1) is 29.2. The molecule has 2 saturated carbocycles. The van der Waals surface area contributed by atoms with Crippen molar-refractivity contribution >= 4 is 66.3 Å². The quantitative estimate of drug-likeness (QED) is 0.102. The Balaban J connectivity index is 1.15. The van der Waals surface area contributed by atoms with Crippen LogP contribution in [-0.4, -0.2) is 81.5 Å². The third kappa shape index (κ3) is 8.35. The number of likely N-dealkylation sites (tertiary alicyclic amines) is 1. The Kier molecular flexibility index (Phi) is 10.9. The molecule has 3 N–H and O–H groups in total. The Hall–Kier alpha value is -5.56. The van der Waals surface area contributed by atoms with Gasteiger partial charge in [-0.05, 0) is 54.9 Å². The molecule has 0 spiro atoms. The average molecular weight is 894 g/mol. The predicted octanol–water partition coefficient (Wildman–Crippen LogP) is 7.19. The number of hydrogen-bond donors (Lipinski definition) is 3. The molecule has 2 aliphatic carbocycles. The smallest absolute Gasteiger partial charge is 0.416 e. The molecule has 3 amide bonds. The van der Waals surface area contributed by atoms with Gasteiger partial charge in [0, 0.05) is 28.7 Å². The maximum absolute atomic E-state index is 14.9. The van der Waals surface area contributed by atoms with Gasteiger partial charge in [-0.3, -0.25) is 19.1 Å². The Morgan fingerprint density at radius 1 is 1.05 bits per heavy atom. The summed E-state index contributed by atoms with van der Waals surface area (Å²) in [6, 6.07) is 9.29. The van der Waals surface area contributed by atoms with Gasteiger partial charge >= 0.3 is 6.18 Å². The minimum atomic E-state index is -4.56. The highest BCUT2D eigenvalue weighted by Crippen LogP contribution is 2.46. The largest absolute Gasteiger partial charge is 0.470 e. The number of ether oxygens (including phenoxy) is 1. The first-order valence-corrected chi connectivity index (χ1v) is 22.7. The summed E-state index contributed by atoms with van der Waals surface area (Å²) < 4.78 is 81.0. The van der Waals surface area contributed by atoms with Crippen molar-refractivity contribution in [3.63, 3.8) is 0 Å². The number of rotatable bonds is 13. The van der Waals surface area contributed by atoms with E-state index in [4.69, 9.17) is 9.15 Å². The van der Waals surface area contributed by atoms with Crippen molar-refractivity contribution in [2.24, 2.45) is 11.3 Å². The van der Waals surface area contributed by atoms with E-state index in [0.717, 1.165) is 17.8 Å². The zero-order chi connectivity index (χ0) is 44.5. The molecular formula is C43H46F3N7O7S2. The molecule has 1 aliphatic heterocycles. The number of fused-ring (bicyclic) bond motifs is 3. The van der Waals surface area contributed by atoms with Gasteiger partial charge < -0.3 is 24.7 Å². The number of benzene rings is 2. The maximum atomic E-state index is 14.9. The summed E-state index contributed by atoms with van der Waals surface area (Å²) in [5.74, 6) is -2.50. The normalized spacial score (nSPS) is 22.1. The fraction of sp³-hybridized carbons (Fsp3) is 0.442. The van der Waals surface area contributed by atoms with Gasteiger partial charge in [-0.2, -0.15) is 18.2 Å². The average Bonchev–Trinajstić information content (AvgIpc) is 4.04. The highest BCUT2D eigenvalue weighted by Gasteiger charge is 2.62. The van der Waals surface area contributed by atoms with Gasteiger partial charge in [-0.25, -0.2) is 18.4 Å². The number of halogens is 3. The SMILES string of the molecule is C=C[C@@H]1C[C@]1(NC(=O)[C@@H]1C[C@@H](Oc2nc(-c3ccc(C(F)(F)F)cc3)nc3c2oc2ccccc23)CN1C(=O)[C@@H](Nc1nc(C(C)C)cs1)C(C)(C)C)C(=O)NS(=O)(=O)C1CC1. The van der Waals surface area contributed by atoms with Crippen LogP contribution < -0.4 is 20.1 Å². The lowest BCUT2D eigenvalue weighted by molar-refractivity contribution is -0.141. The molecule has 0 unspecified atom stereocenters. The van der Waals surface area contributed by atoms with Crippen LogP contribution in [-0.2, 0) is 30.6 Å². The van der Waals surface area contributed by atoms with Crippen LogP contribution in [0.15, 0.2) is 71.0 Å². The number of para-hydroxylation sites is 1. The van der Waals surface area contributed by atoms with E-state index < -0.39 is 79.8 Å². The van der Waals surface area contributed by atoms with Crippen molar-refractivity contribution in [3.05, 3.63) is 77.8 Å². The van der Waals surface area contributed by atoms with Crippen molar-refractivity contribution in [1.29, 1.82) is 0 Å². The highest BCUT2D eigenvalue weighted by molar-refractivity contribution is 7.91. The van der Waals surface area contributed by atoms with Crippen LogP contribution in [0, 0.1) is 11.3 Å². The standard InChI is InChI=1S/C43H46F3N7O7S2/c1-7-24-19-42(24,39(56)52-62(57,58)27-16-17-27)51-36(54)30-18-26(20-53(30)38(55)34(41(4,5)6)49-40-47-29(21-61-40)22(2)3)59-37-33-32(28-10-8-9-11-31(28)60-33)48-35(50-37)23-12-14-25(15-13-23)43(44,45)46/h7-15,21-22,24,26-27,30,34H,1,16-20H2,2-6H3,(H,47,49)(H,51,54)(H,52,56)/t24-,26-,30+,34-,42-/m1/s1. The number of amides is 3. The number of alkyl halides is 3. The van der Waals surface area contributed by atoms with Crippen LogP contribution in [0.25, 0.3) is 33.5 Å². The summed E-state index contributed by atoms with van der Waals surface area (Å²) >= 11 is 1.35. The van der Waals surface area contributed by atoms with E-state index in [0.29, 0.717) is 34.5 Å². The van der Waals surface area contributed by atoms with E-state index in [-0.39, 0.29) is 48.2 Å². The number of carbonyl (C=O) groups is 3. The Morgan fingerprint density at radius 2 is 1.76 bits per heavy atom. The first kappa shape index (κ1) is 43.1. The molecule has 8 rings (SSSR count). The second kappa shape index (κ2) is 15.7. The van der Waals surface area contributed by atoms with Crippen molar-refractivity contribution in [1.82, 2.24) is 29.9 Å². The molecule has 0 bridgehead atoms. The molecule has 1 saturated heterocycles. The summed E-state index contributed by atoms with van der Waals surface area (Å²) in [5, 5.41) is 8.44. The van der Waals surface area contributed by atoms with Crippen LogP contribution in [0.3, 0.4) is 0 Å². The van der Waals surface area contributed by atoms with Gasteiger partial charge in [0.15, 0.2) is 11.0 Å². The summed E-state index contributed by atoms with van der Waals surface area (Å²) in [6.07, 6.45) is -3.14. The van der Waals surface area contributed by atoms with Gasteiger partial charge in [0.2, 0.25) is 27.4 Å². The van der Waals surface area contributed by atoms with E-state index >= 15 is 0 Å². The molecule has 4 heterocycles. The molecule has 14 nitrogen and oxygen atoms in total. The number of anilines is 1. The maximum Gasteiger partial charge on any atom is 0.416 e. The number of carbonyl (C=O) groups excluding carboxylic acids is 3. The second-order valence-electron chi connectivity index (χ2n) is 17.5. The summed E-state index contributed by atoms with van der Waals surface area (Å²) in [6.45, 7) is 13.3. The van der Waals surface area contributed by atoms with Crippen molar-refractivity contribution in [2.45, 2.75) is 101 Å². The van der Waals surface area contributed by atoms with E-state index in [2.05, 4.69) is 36.9 Å². The molecule has 62 heavy (non-hydrogen) atoms. The van der Waals surface area contributed by atoms with Gasteiger partial charge in [0.1, 0.15) is 34.8 Å². The van der Waals surface area contributed by atoms with Crippen molar-refractivity contribution in [2.75, 3.05) is 11.9 Å². The van der Waals surface area contributed by atoms with Gasteiger partial charge in [0.25, 0.3) is 11.8 Å². The van der Waals surface area contributed by atoms with Gasteiger partial charge in [0.05, 0.1) is 23.1 Å². The van der Waals surface area contributed by atoms with Crippen LogP contribution >= 0.6 is 11.3 Å². The van der Waals surface area contributed by atoms with E-state index in [1.165, 1.54) is 34.4 Å². The number of nitrogens with one attached hydrogen (secondary N) is 3. The van der Waals surface area contributed by atoms with E-state index in [9.17, 15) is 36.0 Å². The molecule has 328 valence electrons. The topological polar surface area (TPSA) is 186 Å². The lowest BCUT2D eigenvalue weighted by Gasteiger charge is -2.35. The molecule has 2 aromatic carbocycles. The van der Waals surface area contributed by atoms with Crippen LogP contribution in [0.2, 0.25) is 0 Å². The number of hydrogen-bond acceptors (Lipinski definition) is 12. The molecule has 3 fully saturated rings. The number of nitrogens with zero attached hydrogens (tertiary/aromatic N) is 4. The fourth-order valence-electron chi connectivity index (χ4n) is 7.69. The predicted molar refractivity (Wildman–Crippen MR) is 227 cm³/mol. The van der Waals surface area contributed by atoms with E-state index in [1.807, 2.05) is 40.0 Å². The minimum absolute atomic E-state index is 0.0486. The number of aromatic nitrogens is 3. The molecule has 0 radical (unpaired) electrons. The number of thiazole rings is 1. The van der Waals surface area contributed by atoms with Crippen LogP contribution in [0.4, 0.5) is 18.3 Å². The van der Waals surface area contributed by atoms with Crippen molar-refractivity contribution in [3.8, 4) is 17.3 Å². The molecule has 3 aliphatic rings. The second-order valence-corrected chi connectivity index (χ2v) is 20.4. The third-order valence-corrected chi connectivity index (χ3v) is 14.1. The Labute approximate surface area is 359 Å². The van der Waals surface area contributed by atoms with E-state index in [1.54, 1.807) is 24.3 Å². The fourth-order valence-corrected chi connectivity index (χ4v) is 9.96. The summed E-state index contributed by atoms with van der Waals surface area (Å²) in [7, 11) is -3.96. The molecule has 5 aromatic rings. The zero-order valence-corrected chi connectivity index (χ0v) is 36.2. The number of sulfonamides is 1. The molecule has 5 atom stereocenters. The first-order valence-electron chi connectivity index (χ1n) is 20.2. The monoisotopic (exact) mass is 893 g/mol. The Morgan fingerprint density at radius 3 is 2.37 bits per heavy atom. The Bertz CT molecular complexity index is 2690. The zero-order valence-electron chi connectivity index (χ0n) is 34.6. The van der Waals surface area contributed by atoms with Gasteiger partial charge in [-0.1, -0.05) is 65.0 Å². The summed E-state index contributed by atoms with van der Waals surface area (Å²) in [4.78, 5) is 58.5. The third-order valence-electron chi connectivity index (χ3n) is 11.5. The van der Waals surface area contributed by atoms with Crippen molar-refractivity contribution < 1.29 is 45.1 Å². The number of furan rings is 1.